The highest BCUT2D eigenvalue weighted by molar-refractivity contribution is 7.90. The van der Waals surface area contributed by atoms with Crippen LogP contribution in [0.25, 0.3) is 0 Å². The number of halogens is 2. The summed E-state index contributed by atoms with van der Waals surface area (Å²) in [6.45, 7) is 1.41. The molecule has 0 unspecified atom stereocenters. The van der Waals surface area contributed by atoms with Gasteiger partial charge in [0.25, 0.3) is 11.8 Å². The Labute approximate surface area is 173 Å². The summed E-state index contributed by atoms with van der Waals surface area (Å²) in [5.41, 5.74) is 0.676. The van der Waals surface area contributed by atoms with Gasteiger partial charge in [0.1, 0.15) is 0 Å². The third-order valence-corrected chi connectivity index (χ3v) is 6.18. The zero-order valence-corrected chi connectivity index (χ0v) is 17.4. The minimum atomic E-state index is -3.39. The lowest BCUT2D eigenvalue weighted by Gasteiger charge is -2.35. The Morgan fingerprint density at radius 1 is 0.893 bits per heavy atom. The number of rotatable bonds is 3. The van der Waals surface area contributed by atoms with Crippen molar-refractivity contribution >= 4 is 44.9 Å². The van der Waals surface area contributed by atoms with Crippen molar-refractivity contribution in [2.45, 2.75) is 4.90 Å². The number of carbonyl (C=O) groups excluding carboxylic acids is 2. The van der Waals surface area contributed by atoms with Crippen LogP contribution in [0.1, 0.15) is 20.7 Å². The van der Waals surface area contributed by atoms with Gasteiger partial charge < -0.3 is 9.80 Å². The van der Waals surface area contributed by atoms with Crippen molar-refractivity contribution in [2.24, 2.45) is 0 Å². The molecule has 0 atom stereocenters. The first-order valence-electron chi connectivity index (χ1n) is 8.50. The Morgan fingerprint density at radius 2 is 1.50 bits per heavy atom. The van der Waals surface area contributed by atoms with Crippen LogP contribution in [0.3, 0.4) is 0 Å². The number of piperazine rings is 1. The highest BCUT2D eigenvalue weighted by Crippen LogP contribution is 2.23. The summed E-state index contributed by atoms with van der Waals surface area (Å²) < 4.78 is 23.4. The standard InChI is InChI=1S/C19H18Cl2N2O4S/c1-28(26,27)15-4-2-3-13(11-15)18(24)22-7-9-23(10-8-22)19(25)16-6-5-14(20)12-17(16)21/h2-6,11-12H,7-10H2,1H3. The maximum atomic E-state index is 12.7. The molecule has 1 saturated heterocycles. The molecule has 0 bridgehead atoms. The normalized spacial score (nSPS) is 14.8. The Kier molecular flexibility index (Phi) is 5.98. The molecule has 148 valence electrons. The van der Waals surface area contributed by atoms with Crippen molar-refractivity contribution in [1.82, 2.24) is 9.80 Å². The van der Waals surface area contributed by atoms with E-state index in [2.05, 4.69) is 0 Å². The molecule has 0 spiro atoms. The van der Waals surface area contributed by atoms with Gasteiger partial charge in [0.2, 0.25) is 0 Å². The van der Waals surface area contributed by atoms with Gasteiger partial charge in [0, 0.05) is 43.0 Å². The van der Waals surface area contributed by atoms with Gasteiger partial charge in [-0.2, -0.15) is 0 Å². The molecule has 1 aliphatic rings. The summed E-state index contributed by atoms with van der Waals surface area (Å²) in [5, 5.41) is 0.738. The molecule has 1 aliphatic heterocycles. The molecule has 3 rings (SSSR count). The minimum absolute atomic E-state index is 0.101. The molecular formula is C19H18Cl2N2O4S. The summed E-state index contributed by atoms with van der Waals surface area (Å²) in [5.74, 6) is -0.477. The lowest BCUT2D eigenvalue weighted by molar-refractivity contribution is 0.0535. The average Bonchev–Trinajstić information content (AvgIpc) is 2.66. The van der Waals surface area contributed by atoms with Gasteiger partial charge in [0.05, 0.1) is 15.5 Å². The van der Waals surface area contributed by atoms with Gasteiger partial charge in [-0.3, -0.25) is 9.59 Å². The van der Waals surface area contributed by atoms with Crippen LogP contribution in [-0.2, 0) is 9.84 Å². The first-order valence-corrected chi connectivity index (χ1v) is 11.2. The van der Waals surface area contributed by atoms with E-state index in [4.69, 9.17) is 23.2 Å². The molecule has 9 heteroatoms. The Hall–Kier alpha value is -2.09. The van der Waals surface area contributed by atoms with Gasteiger partial charge in [-0.25, -0.2) is 8.42 Å². The molecule has 2 aromatic rings. The number of hydrogen-bond acceptors (Lipinski definition) is 4. The molecule has 0 N–H and O–H groups in total. The van der Waals surface area contributed by atoms with Gasteiger partial charge >= 0.3 is 0 Å². The van der Waals surface area contributed by atoms with E-state index in [9.17, 15) is 18.0 Å². The molecule has 6 nitrogen and oxygen atoms in total. The fourth-order valence-electron chi connectivity index (χ4n) is 2.99. The van der Waals surface area contributed by atoms with Gasteiger partial charge in [-0.15, -0.1) is 0 Å². The van der Waals surface area contributed by atoms with E-state index in [1.54, 1.807) is 34.1 Å². The second-order valence-electron chi connectivity index (χ2n) is 6.51. The van der Waals surface area contributed by atoms with Crippen molar-refractivity contribution in [2.75, 3.05) is 32.4 Å². The number of nitrogens with zero attached hydrogens (tertiary/aromatic N) is 2. The third kappa shape index (κ3) is 4.48. The van der Waals surface area contributed by atoms with Crippen LogP contribution >= 0.6 is 23.2 Å². The van der Waals surface area contributed by atoms with Crippen LogP contribution in [-0.4, -0.2) is 62.5 Å². The highest BCUT2D eigenvalue weighted by atomic mass is 35.5. The zero-order chi connectivity index (χ0) is 20.5. The van der Waals surface area contributed by atoms with E-state index in [0.29, 0.717) is 42.3 Å². The van der Waals surface area contributed by atoms with Gasteiger partial charge in [-0.05, 0) is 36.4 Å². The first-order chi connectivity index (χ1) is 13.2. The molecule has 2 aromatic carbocycles. The van der Waals surface area contributed by atoms with Crippen LogP contribution < -0.4 is 0 Å². The Balaban J connectivity index is 1.68. The van der Waals surface area contributed by atoms with E-state index >= 15 is 0 Å². The van der Waals surface area contributed by atoms with Crippen LogP contribution in [0.2, 0.25) is 10.0 Å². The van der Waals surface area contributed by atoms with Crippen molar-refractivity contribution in [3.05, 3.63) is 63.6 Å². The van der Waals surface area contributed by atoms with Crippen molar-refractivity contribution < 1.29 is 18.0 Å². The van der Waals surface area contributed by atoms with Crippen LogP contribution in [0.4, 0.5) is 0 Å². The van der Waals surface area contributed by atoms with E-state index in [1.807, 2.05) is 0 Å². The van der Waals surface area contributed by atoms with Crippen molar-refractivity contribution in [1.29, 1.82) is 0 Å². The molecule has 1 fully saturated rings. The molecule has 28 heavy (non-hydrogen) atoms. The molecular weight excluding hydrogens is 423 g/mol. The minimum Gasteiger partial charge on any atom is -0.335 e. The second kappa shape index (κ2) is 8.11. The fourth-order valence-corrected chi connectivity index (χ4v) is 4.14. The van der Waals surface area contributed by atoms with Crippen molar-refractivity contribution in [3.8, 4) is 0 Å². The lowest BCUT2D eigenvalue weighted by Crippen LogP contribution is -2.50. The molecule has 0 saturated carbocycles. The van der Waals surface area contributed by atoms with E-state index < -0.39 is 9.84 Å². The SMILES string of the molecule is CS(=O)(=O)c1cccc(C(=O)N2CCN(C(=O)c3ccc(Cl)cc3Cl)CC2)c1. The highest BCUT2D eigenvalue weighted by Gasteiger charge is 2.27. The van der Waals surface area contributed by atoms with Gasteiger partial charge in [-0.1, -0.05) is 29.3 Å². The topological polar surface area (TPSA) is 74.8 Å². The molecule has 1 heterocycles. The van der Waals surface area contributed by atoms with Crippen molar-refractivity contribution in [3.63, 3.8) is 0 Å². The molecule has 2 amide bonds. The average molecular weight is 441 g/mol. The zero-order valence-electron chi connectivity index (χ0n) is 15.1. The maximum Gasteiger partial charge on any atom is 0.255 e. The molecule has 0 aliphatic carbocycles. The molecule has 0 radical (unpaired) electrons. The quantitative estimate of drug-likeness (QED) is 0.734. The summed E-state index contributed by atoms with van der Waals surface area (Å²) >= 11 is 12.0. The predicted octanol–water partition coefficient (Wildman–Crippen LogP) is 3.00. The smallest absolute Gasteiger partial charge is 0.255 e. The van der Waals surface area contributed by atoms with Crippen LogP contribution in [0.15, 0.2) is 47.4 Å². The number of sulfone groups is 1. The Bertz CT molecular complexity index is 1030. The monoisotopic (exact) mass is 440 g/mol. The number of benzene rings is 2. The van der Waals surface area contributed by atoms with Crippen LogP contribution in [0, 0.1) is 0 Å². The fraction of sp³-hybridized carbons (Fsp3) is 0.263. The number of hydrogen-bond donors (Lipinski definition) is 0. The van der Waals surface area contributed by atoms with Crippen LogP contribution in [0.5, 0.6) is 0 Å². The van der Waals surface area contributed by atoms with E-state index in [-0.39, 0.29) is 21.7 Å². The second-order valence-corrected chi connectivity index (χ2v) is 9.37. The Morgan fingerprint density at radius 3 is 2.07 bits per heavy atom. The maximum absolute atomic E-state index is 12.7. The summed E-state index contributed by atoms with van der Waals surface area (Å²) in [4.78, 5) is 28.7. The first kappa shape index (κ1) is 20.6. The molecule has 0 aromatic heterocycles. The number of amides is 2. The third-order valence-electron chi connectivity index (χ3n) is 4.52. The van der Waals surface area contributed by atoms with E-state index in [0.717, 1.165) is 6.26 Å². The largest absolute Gasteiger partial charge is 0.335 e. The summed E-state index contributed by atoms with van der Waals surface area (Å²) in [6.07, 6.45) is 1.10. The summed E-state index contributed by atoms with van der Waals surface area (Å²) in [6, 6.07) is 10.7. The lowest BCUT2D eigenvalue weighted by atomic mass is 10.1. The summed E-state index contributed by atoms with van der Waals surface area (Å²) in [7, 11) is -3.39. The van der Waals surface area contributed by atoms with Gasteiger partial charge in [0.15, 0.2) is 9.84 Å². The predicted molar refractivity (Wildman–Crippen MR) is 108 cm³/mol. The van der Waals surface area contributed by atoms with E-state index in [1.165, 1.54) is 18.2 Å². The number of carbonyl (C=O) groups is 2.